The van der Waals surface area contributed by atoms with E-state index in [4.69, 9.17) is 9.26 Å². The number of nitrogens with zero attached hydrogens (tertiary/aromatic N) is 1. The lowest BCUT2D eigenvalue weighted by Gasteiger charge is -2.35. The van der Waals surface area contributed by atoms with Gasteiger partial charge in [-0.25, -0.2) is 17.2 Å². The summed E-state index contributed by atoms with van der Waals surface area (Å²) in [6.45, 7) is 3.46. The molecule has 192 valence electrons. The van der Waals surface area contributed by atoms with Gasteiger partial charge in [-0.15, -0.1) is 0 Å². The molecular formula is C25H27F2N3O5S. The third-order valence-electron chi connectivity index (χ3n) is 6.50. The van der Waals surface area contributed by atoms with E-state index in [1.54, 1.807) is 37.3 Å². The van der Waals surface area contributed by atoms with Crippen molar-refractivity contribution in [2.75, 3.05) is 13.7 Å². The van der Waals surface area contributed by atoms with Gasteiger partial charge in [0, 0.05) is 18.2 Å². The number of halogens is 2. The molecule has 1 aliphatic heterocycles. The Labute approximate surface area is 207 Å². The molecule has 2 N–H and O–H groups in total. The van der Waals surface area contributed by atoms with Crippen LogP contribution in [0.1, 0.15) is 52.4 Å². The van der Waals surface area contributed by atoms with Crippen LogP contribution in [-0.4, -0.2) is 44.4 Å². The molecule has 4 rings (SSSR count). The lowest BCUT2D eigenvalue weighted by Crippen LogP contribution is -2.53. The molecule has 0 bridgehead atoms. The summed E-state index contributed by atoms with van der Waals surface area (Å²) in [6, 6.07) is 10.7. The summed E-state index contributed by atoms with van der Waals surface area (Å²) in [7, 11) is -2.34. The number of methoxy groups -OCH3 is 1. The Kier molecular flexibility index (Phi) is 7.41. The van der Waals surface area contributed by atoms with E-state index in [9.17, 15) is 13.2 Å². The van der Waals surface area contributed by atoms with Crippen LogP contribution in [0.2, 0.25) is 0 Å². The van der Waals surface area contributed by atoms with Crippen molar-refractivity contribution in [1.29, 1.82) is 0 Å². The summed E-state index contributed by atoms with van der Waals surface area (Å²) in [5.74, 6) is -2.23. The normalized spacial score (nSPS) is 22.1. The maximum atomic E-state index is 15.1. The highest BCUT2D eigenvalue weighted by Gasteiger charge is 2.42. The third kappa shape index (κ3) is 5.12. The van der Waals surface area contributed by atoms with Crippen LogP contribution in [0.25, 0.3) is 0 Å². The van der Waals surface area contributed by atoms with E-state index < -0.39 is 50.0 Å². The van der Waals surface area contributed by atoms with Crippen LogP contribution < -0.4 is 15.4 Å². The summed E-state index contributed by atoms with van der Waals surface area (Å²) in [6.07, 6.45) is -0.193. The molecule has 11 heteroatoms. The van der Waals surface area contributed by atoms with Crippen LogP contribution in [0, 0.1) is 11.6 Å². The van der Waals surface area contributed by atoms with Gasteiger partial charge in [0.15, 0.2) is 9.84 Å². The first-order valence-electron chi connectivity index (χ1n) is 11.4. The van der Waals surface area contributed by atoms with Crippen molar-refractivity contribution < 1.29 is 31.3 Å². The molecule has 8 nitrogen and oxygen atoms in total. The van der Waals surface area contributed by atoms with Crippen molar-refractivity contribution in [2.24, 2.45) is 0 Å². The quantitative estimate of drug-likeness (QED) is 0.492. The first kappa shape index (κ1) is 25.8. The van der Waals surface area contributed by atoms with Gasteiger partial charge >= 0.3 is 0 Å². The van der Waals surface area contributed by atoms with E-state index in [0.717, 1.165) is 12.1 Å². The maximum absolute atomic E-state index is 15.1. The molecule has 2 aromatic carbocycles. The lowest BCUT2D eigenvalue weighted by molar-refractivity contribution is 0.0901. The summed E-state index contributed by atoms with van der Waals surface area (Å²) in [5, 5.41) is 7.52. The Morgan fingerprint density at radius 3 is 2.61 bits per heavy atom. The van der Waals surface area contributed by atoms with Crippen LogP contribution >= 0.6 is 0 Å². The predicted molar refractivity (Wildman–Crippen MR) is 128 cm³/mol. The first-order chi connectivity index (χ1) is 17.1. The number of carbonyl (C=O) groups is 1. The van der Waals surface area contributed by atoms with Gasteiger partial charge in [0.05, 0.1) is 29.7 Å². The van der Waals surface area contributed by atoms with Gasteiger partial charge in [-0.1, -0.05) is 30.3 Å². The van der Waals surface area contributed by atoms with E-state index >= 15 is 8.78 Å². The van der Waals surface area contributed by atoms with Gasteiger partial charge in [0.25, 0.3) is 11.8 Å². The molecular weight excluding hydrogens is 492 g/mol. The van der Waals surface area contributed by atoms with Gasteiger partial charge < -0.3 is 19.9 Å². The number of hydrogen-bond donors (Lipinski definition) is 2. The molecule has 3 aromatic rings. The van der Waals surface area contributed by atoms with Crippen molar-refractivity contribution >= 4 is 15.7 Å². The standard InChI is InChI=1S/C25H27F2N3O5S/c1-14(29-25(31)21-12-24(34-3)30-35-21)18-11-19(26)17(9-20(18)27)10-22-15(2)28-13-23(36(22,32)33)16-7-5-4-6-8-16/h4-9,11-12,14-15,22-23,28H,10,13H2,1-3H3,(H,29,31)/t14?,15-,22?,23-/m0/s1. The van der Waals surface area contributed by atoms with Gasteiger partial charge in [0.1, 0.15) is 11.6 Å². The van der Waals surface area contributed by atoms with Crippen molar-refractivity contribution in [3.05, 3.63) is 82.6 Å². The molecule has 1 aliphatic rings. The number of ether oxygens (including phenoxy) is 1. The Morgan fingerprint density at radius 1 is 1.22 bits per heavy atom. The second kappa shape index (κ2) is 10.4. The number of benzene rings is 2. The zero-order valence-electron chi connectivity index (χ0n) is 20.0. The van der Waals surface area contributed by atoms with Gasteiger partial charge in [-0.3, -0.25) is 4.79 Å². The fraction of sp³-hybridized carbons (Fsp3) is 0.360. The second-order valence-corrected chi connectivity index (χ2v) is 11.2. The maximum Gasteiger partial charge on any atom is 0.290 e. The number of hydrogen-bond acceptors (Lipinski definition) is 7. The zero-order valence-corrected chi connectivity index (χ0v) is 20.8. The van der Waals surface area contributed by atoms with Gasteiger partial charge in [-0.05, 0) is 48.7 Å². The smallest absolute Gasteiger partial charge is 0.290 e. The van der Waals surface area contributed by atoms with Crippen LogP contribution in [0.3, 0.4) is 0 Å². The third-order valence-corrected chi connectivity index (χ3v) is 9.15. The number of nitrogens with one attached hydrogen (secondary N) is 2. The molecule has 36 heavy (non-hydrogen) atoms. The minimum absolute atomic E-state index is 0.0503. The van der Waals surface area contributed by atoms with E-state index in [2.05, 4.69) is 15.8 Å². The largest absolute Gasteiger partial charge is 0.479 e. The lowest BCUT2D eigenvalue weighted by atomic mass is 9.99. The molecule has 0 aliphatic carbocycles. The minimum Gasteiger partial charge on any atom is -0.479 e. The Bertz CT molecular complexity index is 1350. The number of aromatic nitrogens is 1. The zero-order chi connectivity index (χ0) is 26.0. The van der Waals surface area contributed by atoms with E-state index in [1.807, 2.05) is 0 Å². The van der Waals surface area contributed by atoms with E-state index in [0.29, 0.717) is 5.56 Å². The topological polar surface area (TPSA) is 111 Å². The van der Waals surface area contributed by atoms with Gasteiger partial charge in [-0.2, -0.15) is 0 Å². The van der Waals surface area contributed by atoms with Crippen LogP contribution in [-0.2, 0) is 16.3 Å². The molecule has 2 heterocycles. The monoisotopic (exact) mass is 519 g/mol. The summed E-state index contributed by atoms with van der Waals surface area (Å²) in [4.78, 5) is 12.3. The molecule has 0 spiro atoms. The first-order valence-corrected chi connectivity index (χ1v) is 13.0. The van der Waals surface area contributed by atoms with E-state index in [1.165, 1.54) is 20.1 Å². The summed E-state index contributed by atoms with van der Waals surface area (Å²) >= 11 is 0. The highest BCUT2D eigenvalue weighted by Crippen LogP contribution is 2.33. The average molecular weight is 520 g/mol. The SMILES string of the molecule is COc1cc(C(=O)NC(C)c2cc(F)c(CC3[C@H](C)NC[C@@H](c4ccccc4)S3(=O)=O)cc2F)on1. The molecule has 4 atom stereocenters. The fourth-order valence-electron chi connectivity index (χ4n) is 4.42. The van der Waals surface area contributed by atoms with Crippen LogP contribution in [0.4, 0.5) is 8.78 Å². The molecule has 0 radical (unpaired) electrons. The molecule has 1 amide bonds. The molecule has 2 unspecified atom stereocenters. The van der Waals surface area contributed by atoms with Crippen molar-refractivity contribution in [1.82, 2.24) is 15.8 Å². The average Bonchev–Trinajstić information content (AvgIpc) is 3.33. The fourth-order valence-corrected chi connectivity index (χ4v) is 6.78. The molecule has 1 aromatic heterocycles. The number of carbonyl (C=O) groups excluding carboxylic acids is 1. The number of amides is 1. The Balaban J connectivity index is 1.54. The highest BCUT2D eigenvalue weighted by atomic mass is 32.2. The van der Waals surface area contributed by atoms with Gasteiger partial charge in [0.2, 0.25) is 5.76 Å². The second-order valence-electron chi connectivity index (χ2n) is 8.82. The van der Waals surface area contributed by atoms with Crippen LogP contribution in [0.5, 0.6) is 5.88 Å². The number of sulfone groups is 1. The van der Waals surface area contributed by atoms with Crippen molar-refractivity contribution in [3.63, 3.8) is 0 Å². The minimum atomic E-state index is -3.70. The van der Waals surface area contributed by atoms with Crippen LogP contribution in [0.15, 0.2) is 53.1 Å². The molecule has 1 saturated heterocycles. The predicted octanol–water partition coefficient (Wildman–Crippen LogP) is 3.51. The number of rotatable bonds is 7. The van der Waals surface area contributed by atoms with E-state index in [-0.39, 0.29) is 35.7 Å². The molecule has 1 fully saturated rings. The van der Waals surface area contributed by atoms with Crippen molar-refractivity contribution in [2.45, 2.75) is 42.9 Å². The molecule has 0 saturated carbocycles. The Morgan fingerprint density at radius 2 is 1.94 bits per heavy atom. The summed E-state index contributed by atoms with van der Waals surface area (Å²) in [5.41, 5.74) is 0.513. The van der Waals surface area contributed by atoms with Crippen molar-refractivity contribution in [3.8, 4) is 5.88 Å². The Hall–Kier alpha value is -3.31. The highest BCUT2D eigenvalue weighted by molar-refractivity contribution is 7.92. The summed E-state index contributed by atoms with van der Waals surface area (Å²) < 4.78 is 66.8.